The fraction of sp³-hybridized carbons (Fsp3) is 0. The third kappa shape index (κ3) is 1.68. The Labute approximate surface area is 110 Å². The number of thiophene rings is 1. The van der Waals surface area contributed by atoms with Gasteiger partial charge in [0.25, 0.3) is 0 Å². The molecule has 0 saturated heterocycles. The van der Waals surface area contributed by atoms with Crippen molar-refractivity contribution >= 4 is 40.0 Å². The summed E-state index contributed by atoms with van der Waals surface area (Å²) in [5, 5.41) is 11.4. The predicted molar refractivity (Wildman–Crippen MR) is 69.3 cm³/mol. The highest BCUT2D eigenvalue weighted by Gasteiger charge is 2.17. The number of oxazole rings is 1. The zero-order valence-corrected chi connectivity index (χ0v) is 10.5. The highest BCUT2D eigenvalue weighted by atomic mass is 35.5. The van der Waals surface area contributed by atoms with Gasteiger partial charge in [0, 0.05) is 0 Å². The molecule has 1 N–H and O–H groups in total. The largest absolute Gasteiger partial charge is 0.478 e. The van der Waals surface area contributed by atoms with Gasteiger partial charge in [0.1, 0.15) is 16.0 Å². The zero-order chi connectivity index (χ0) is 12.7. The van der Waals surface area contributed by atoms with Crippen LogP contribution in [0.25, 0.3) is 21.9 Å². The van der Waals surface area contributed by atoms with Crippen molar-refractivity contribution in [2.75, 3.05) is 0 Å². The maximum Gasteiger partial charge on any atom is 0.339 e. The van der Waals surface area contributed by atoms with Gasteiger partial charge >= 0.3 is 5.97 Å². The van der Waals surface area contributed by atoms with Crippen LogP contribution in [-0.4, -0.2) is 16.1 Å². The molecular formula is C12H6ClNO3S. The summed E-state index contributed by atoms with van der Waals surface area (Å²) in [4.78, 5) is 16.0. The van der Waals surface area contributed by atoms with Gasteiger partial charge < -0.3 is 9.52 Å². The van der Waals surface area contributed by atoms with Gasteiger partial charge in [0.15, 0.2) is 5.58 Å². The second-order valence-electron chi connectivity index (χ2n) is 3.58. The van der Waals surface area contributed by atoms with E-state index in [1.807, 2.05) is 5.38 Å². The number of carboxylic acid groups (broad SMARTS) is 1. The van der Waals surface area contributed by atoms with Gasteiger partial charge in [-0.3, -0.25) is 0 Å². The molecule has 1 aromatic carbocycles. The molecule has 2 aromatic heterocycles. The Bertz CT molecular complexity index is 747. The number of para-hydroxylation sites is 1. The summed E-state index contributed by atoms with van der Waals surface area (Å²) in [6, 6.07) is 6.56. The van der Waals surface area contributed by atoms with E-state index in [0.29, 0.717) is 21.3 Å². The standard InChI is InChI=1S/C12H6ClNO3S/c13-7-4-5-18-10(7)11-14-8-3-1-2-6(12(15)16)9(8)17-11/h1-5H,(H,15,16). The van der Waals surface area contributed by atoms with Gasteiger partial charge in [0.05, 0.1) is 5.02 Å². The molecule has 0 amide bonds. The van der Waals surface area contributed by atoms with E-state index in [-0.39, 0.29) is 11.1 Å². The lowest BCUT2D eigenvalue weighted by molar-refractivity contribution is 0.0698. The van der Waals surface area contributed by atoms with E-state index >= 15 is 0 Å². The number of halogens is 1. The molecule has 2 heterocycles. The highest BCUT2D eigenvalue weighted by molar-refractivity contribution is 7.14. The number of nitrogens with zero attached hydrogens (tertiary/aromatic N) is 1. The number of fused-ring (bicyclic) bond motifs is 1. The third-order valence-corrected chi connectivity index (χ3v) is 3.79. The van der Waals surface area contributed by atoms with E-state index in [0.717, 1.165) is 0 Å². The molecule has 0 aliphatic carbocycles. The van der Waals surface area contributed by atoms with E-state index in [2.05, 4.69) is 4.98 Å². The van der Waals surface area contributed by atoms with Crippen LogP contribution in [-0.2, 0) is 0 Å². The van der Waals surface area contributed by atoms with Crippen LogP contribution in [0.2, 0.25) is 5.02 Å². The maximum absolute atomic E-state index is 11.1. The monoisotopic (exact) mass is 279 g/mol. The first-order valence-corrected chi connectivity index (χ1v) is 6.29. The molecule has 18 heavy (non-hydrogen) atoms. The Morgan fingerprint density at radius 3 is 2.89 bits per heavy atom. The number of hydrogen-bond donors (Lipinski definition) is 1. The molecule has 3 aromatic rings. The number of aromatic carboxylic acids is 1. The first-order valence-electron chi connectivity index (χ1n) is 5.03. The van der Waals surface area contributed by atoms with Gasteiger partial charge in [-0.05, 0) is 23.6 Å². The molecule has 0 unspecified atom stereocenters. The first-order chi connectivity index (χ1) is 8.66. The molecule has 0 aliphatic rings. The molecule has 0 atom stereocenters. The van der Waals surface area contributed by atoms with Crippen molar-refractivity contribution in [2.45, 2.75) is 0 Å². The van der Waals surface area contributed by atoms with E-state index in [9.17, 15) is 4.79 Å². The summed E-state index contributed by atoms with van der Waals surface area (Å²) in [7, 11) is 0. The van der Waals surface area contributed by atoms with Gasteiger partial charge in [-0.25, -0.2) is 9.78 Å². The van der Waals surface area contributed by atoms with Crippen LogP contribution < -0.4 is 0 Å². The van der Waals surface area contributed by atoms with Crippen molar-refractivity contribution in [1.82, 2.24) is 4.98 Å². The van der Waals surface area contributed by atoms with Crippen LogP contribution in [0.5, 0.6) is 0 Å². The Balaban J connectivity index is 2.26. The van der Waals surface area contributed by atoms with Crippen molar-refractivity contribution in [3.63, 3.8) is 0 Å². The highest BCUT2D eigenvalue weighted by Crippen LogP contribution is 2.35. The minimum Gasteiger partial charge on any atom is -0.478 e. The summed E-state index contributed by atoms with van der Waals surface area (Å²) in [5.74, 6) is -0.695. The molecule has 0 aliphatic heterocycles. The van der Waals surface area contributed by atoms with Crippen molar-refractivity contribution < 1.29 is 14.3 Å². The van der Waals surface area contributed by atoms with Gasteiger partial charge in [0.2, 0.25) is 5.89 Å². The molecule has 90 valence electrons. The summed E-state index contributed by atoms with van der Waals surface area (Å²) >= 11 is 7.39. The average molecular weight is 280 g/mol. The van der Waals surface area contributed by atoms with E-state index in [1.54, 1.807) is 18.2 Å². The molecule has 0 saturated carbocycles. The van der Waals surface area contributed by atoms with Crippen molar-refractivity contribution in [3.8, 4) is 10.8 Å². The lowest BCUT2D eigenvalue weighted by Crippen LogP contribution is -1.95. The van der Waals surface area contributed by atoms with E-state index in [1.165, 1.54) is 17.4 Å². The zero-order valence-electron chi connectivity index (χ0n) is 8.88. The summed E-state index contributed by atoms with van der Waals surface area (Å²) in [5.41, 5.74) is 0.873. The Kier molecular flexibility index (Phi) is 2.57. The molecule has 0 bridgehead atoms. The molecule has 6 heteroatoms. The lowest BCUT2D eigenvalue weighted by atomic mass is 10.2. The Hall–Kier alpha value is -1.85. The quantitative estimate of drug-likeness (QED) is 0.772. The van der Waals surface area contributed by atoms with Crippen LogP contribution in [0, 0.1) is 0 Å². The minimum atomic E-state index is -1.04. The number of rotatable bonds is 2. The number of carbonyl (C=O) groups is 1. The first kappa shape index (κ1) is 11.3. The lowest BCUT2D eigenvalue weighted by Gasteiger charge is -1.93. The van der Waals surface area contributed by atoms with Crippen LogP contribution in [0.1, 0.15) is 10.4 Å². The van der Waals surface area contributed by atoms with E-state index < -0.39 is 5.97 Å². The van der Waals surface area contributed by atoms with Crippen LogP contribution >= 0.6 is 22.9 Å². The Morgan fingerprint density at radius 1 is 1.39 bits per heavy atom. The average Bonchev–Trinajstić information content (AvgIpc) is 2.92. The van der Waals surface area contributed by atoms with Crippen LogP contribution in [0.15, 0.2) is 34.1 Å². The van der Waals surface area contributed by atoms with Gasteiger partial charge in [-0.1, -0.05) is 17.7 Å². The predicted octanol–water partition coefficient (Wildman–Crippen LogP) is 3.91. The van der Waals surface area contributed by atoms with Crippen LogP contribution in [0.4, 0.5) is 0 Å². The smallest absolute Gasteiger partial charge is 0.339 e. The second-order valence-corrected chi connectivity index (χ2v) is 4.90. The fourth-order valence-electron chi connectivity index (χ4n) is 1.66. The third-order valence-electron chi connectivity index (χ3n) is 2.46. The van der Waals surface area contributed by atoms with Crippen molar-refractivity contribution in [2.24, 2.45) is 0 Å². The number of carboxylic acids is 1. The fourth-order valence-corrected chi connectivity index (χ4v) is 2.72. The summed E-state index contributed by atoms with van der Waals surface area (Å²) in [6.45, 7) is 0. The Morgan fingerprint density at radius 2 is 2.22 bits per heavy atom. The molecule has 4 nitrogen and oxygen atoms in total. The van der Waals surface area contributed by atoms with Crippen molar-refractivity contribution in [3.05, 3.63) is 40.2 Å². The topological polar surface area (TPSA) is 63.3 Å². The number of aromatic nitrogens is 1. The van der Waals surface area contributed by atoms with Gasteiger partial charge in [-0.15, -0.1) is 11.3 Å². The van der Waals surface area contributed by atoms with Gasteiger partial charge in [-0.2, -0.15) is 0 Å². The SMILES string of the molecule is O=C(O)c1cccc2nc(-c3sccc3Cl)oc12. The minimum absolute atomic E-state index is 0.0962. The number of hydrogen-bond acceptors (Lipinski definition) is 4. The molecule has 3 rings (SSSR count). The van der Waals surface area contributed by atoms with E-state index in [4.69, 9.17) is 21.1 Å². The number of benzene rings is 1. The van der Waals surface area contributed by atoms with Crippen LogP contribution in [0.3, 0.4) is 0 Å². The molecule has 0 radical (unpaired) electrons. The maximum atomic E-state index is 11.1. The molecule has 0 fully saturated rings. The van der Waals surface area contributed by atoms with Crippen molar-refractivity contribution in [1.29, 1.82) is 0 Å². The summed E-state index contributed by atoms with van der Waals surface area (Å²) < 4.78 is 5.52. The summed E-state index contributed by atoms with van der Waals surface area (Å²) in [6.07, 6.45) is 0. The molecule has 0 spiro atoms. The molecular weight excluding hydrogens is 274 g/mol. The normalized spacial score (nSPS) is 10.9. The second kappa shape index (κ2) is 4.12.